The molecular formula is C30H36N2O4. The van der Waals surface area contributed by atoms with Gasteiger partial charge in [-0.15, -0.1) is 0 Å². The zero-order valence-corrected chi connectivity index (χ0v) is 21.3. The second-order valence-electron chi connectivity index (χ2n) is 11.8. The minimum atomic E-state index is -0.0425. The van der Waals surface area contributed by atoms with Crippen LogP contribution in [0.25, 0.3) is 12.2 Å². The summed E-state index contributed by atoms with van der Waals surface area (Å²) in [4.78, 5) is 30.4. The molecule has 8 aliphatic rings. The first kappa shape index (κ1) is 22.7. The smallest absolute Gasteiger partial charge is 0.310 e. The molecule has 8 fully saturated rings. The van der Waals surface area contributed by atoms with Gasteiger partial charge in [-0.1, -0.05) is 47.6 Å². The maximum atomic E-state index is 12.6. The van der Waals surface area contributed by atoms with E-state index in [2.05, 4.69) is 46.2 Å². The molecule has 0 N–H and O–H groups in total. The quantitative estimate of drug-likeness (QED) is 0.602. The minimum Gasteiger partial charge on any atom is -0.469 e. The number of nitrogens with zero attached hydrogens (tertiary/aromatic N) is 2. The van der Waals surface area contributed by atoms with Gasteiger partial charge in [0, 0.05) is 37.3 Å². The molecule has 9 rings (SSSR count). The number of ether oxygens (including phenoxy) is 2. The molecule has 36 heavy (non-hydrogen) atoms. The molecule has 8 heterocycles. The second-order valence-corrected chi connectivity index (χ2v) is 11.8. The van der Waals surface area contributed by atoms with Gasteiger partial charge in [-0.25, -0.2) is 0 Å². The Morgan fingerprint density at radius 2 is 1.14 bits per heavy atom. The van der Waals surface area contributed by atoms with Gasteiger partial charge in [0.15, 0.2) is 0 Å². The van der Waals surface area contributed by atoms with Crippen molar-refractivity contribution in [2.45, 2.75) is 62.7 Å². The number of carbonyl (C=O) groups excluding carboxylic acids is 2. The van der Waals surface area contributed by atoms with Gasteiger partial charge in [-0.2, -0.15) is 0 Å². The third kappa shape index (κ3) is 3.37. The molecule has 0 radical (unpaired) electrons. The van der Waals surface area contributed by atoms with E-state index in [1.54, 1.807) is 0 Å². The van der Waals surface area contributed by atoms with E-state index < -0.39 is 0 Å². The highest BCUT2D eigenvalue weighted by Crippen LogP contribution is 2.52. The third-order valence-electron chi connectivity index (χ3n) is 10.4. The highest BCUT2D eigenvalue weighted by atomic mass is 16.5. The molecule has 0 aromatic heterocycles. The first-order valence-corrected chi connectivity index (χ1v) is 13.7. The number of rotatable bonds is 4. The van der Waals surface area contributed by atoms with Gasteiger partial charge in [-0.3, -0.25) is 19.4 Å². The molecule has 8 saturated heterocycles. The summed E-state index contributed by atoms with van der Waals surface area (Å²) in [5.74, 6) is 0.483. The third-order valence-corrected chi connectivity index (χ3v) is 10.4. The van der Waals surface area contributed by atoms with Crippen LogP contribution in [0.1, 0.15) is 49.7 Å². The topological polar surface area (TPSA) is 59.1 Å². The lowest BCUT2D eigenvalue weighted by Crippen LogP contribution is -2.58. The number of carbonyl (C=O) groups is 2. The Bertz CT molecular complexity index is 1050. The average molecular weight is 489 g/mol. The number of hydrogen-bond acceptors (Lipinski definition) is 6. The Morgan fingerprint density at radius 1 is 0.722 bits per heavy atom. The molecule has 0 saturated carbocycles. The summed E-state index contributed by atoms with van der Waals surface area (Å²) in [5, 5.41) is 0. The van der Waals surface area contributed by atoms with Crippen LogP contribution in [-0.4, -0.2) is 73.2 Å². The summed E-state index contributed by atoms with van der Waals surface area (Å²) < 4.78 is 10.4. The van der Waals surface area contributed by atoms with Crippen LogP contribution in [0, 0.1) is 23.7 Å². The van der Waals surface area contributed by atoms with Gasteiger partial charge in [0.1, 0.15) is 0 Å². The average Bonchev–Trinajstić information content (AvgIpc) is 3.38. The van der Waals surface area contributed by atoms with E-state index in [0.717, 1.165) is 38.8 Å². The van der Waals surface area contributed by atoms with Gasteiger partial charge >= 0.3 is 11.9 Å². The number of fused-ring (bicyclic) bond motifs is 2. The summed E-state index contributed by atoms with van der Waals surface area (Å²) in [5.41, 5.74) is 5.13. The first-order chi connectivity index (χ1) is 17.6. The fourth-order valence-corrected chi connectivity index (χ4v) is 8.87. The molecule has 10 atom stereocenters. The molecule has 190 valence electrons. The van der Waals surface area contributed by atoms with E-state index >= 15 is 0 Å². The van der Waals surface area contributed by atoms with Gasteiger partial charge in [0.2, 0.25) is 0 Å². The Morgan fingerprint density at radius 3 is 1.53 bits per heavy atom. The van der Waals surface area contributed by atoms with E-state index in [1.165, 1.54) is 49.3 Å². The van der Waals surface area contributed by atoms with Crippen molar-refractivity contribution in [3.05, 3.63) is 46.5 Å². The number of methoxy groups -OCH3 is 2. The van der Waals surface area contributed by atoms with E-state index in [0.29, 0.717) is 36.0 Å². The fraction of sp³-hybridized carbons (Fsp3) is 0.600. The van der Waals surface area contributed by atoms with Crippen LogP contribution >= 0.6 is 0 Å². The Hall–Kier alpha value is -2.44. The predicted octanol–water partition coefficient (Wildman–Crippen LogP) is 3.76. The van der Waals surface area contributed by atoms with Crippen LogP contribution in [0.3, 0.4) is 0 Å². The molecule has 0 amide bonds. The van der Waals surface area contributed by atoms with Crippen LogP contribution in [-0.2, 0) is 19.1 Å². The van der Waals surface area contributed by atoms with Crippen molar-refractivity contribution in [2.24, 2.45) is 23.7 Å². The number of piperidine rings is 6. The molecule has 8 aliphatic heterocycles. The Labute approximate surface area is 213 Å². The summed E-state index contributed by atoms with van der Waals surface area (Å²) in [7, 11) is 3.05. The largest absolute Gasteiger partial charge is 0.469 e. The lowest BCUT2D eigenvalue weighted by atomic mass is 9.70. The predicted molar refractivity (Wildman–Crippen MR) is 137 cm³/mol. The minimum absolute atomic E-state index is 0.0208. The van der Waals surface area contributed by atoms with Crippen molar-refractivity contribution in [2.75, 3.05) is 27.3 Å². The molecule has 2 unspecified atom stereocenters. The molecule has 6 heteroatoms. The van der Waals surface area contributed by atoms with Crippen LogP contribution in [0.15, 0.2) is 35.4 Å². The second kappa shape index (κ2) is 8.56. The Kier molecular flexibility index (Phi) is 5.40. The maximum Gasteiger partial charge on any atom is 0.310 e. The summed E-state index contributed by atoms with van der Waals surface area (Å²) in [6.07, 6.45) is 11.4. The van der Waals surface area contributed by atoms with E-state index in [1.807, 2.05) is 0 Å². The molecule has 0 aliphatic carbocycles. The summed E-state index contributed by atoms with van der Waals surface area (Å²) in [6.45, 7) is 1.96. The normalized spacial score (nSPS) is 43.8. The molecule has 0 spiro atoms. The molecule has 6 nitrogen and oxygen atoms in total. The van der Waals surface area contributed by atoms with E-state index in [9.17, 15) is 9.59 Å². The lowest BCUT2D eigenvalue weighted by molar-refractivity contribution is -0.154. The van der Waals surface area contributed by atoms with Crippen molar-refractivity contribution in [1.82, 2.24) is 9.80 Å². The van der Waals surface area contributed by atoms with Crippen LogP contribution < -0.4 is 0 Å². The highest BCUT2D eigenvalue weighted by molar-refractivity contribution is 5.77. The monoisotopic (exact) mass is 488 g/mol. The molecule has 8 bridgehead atoms. The number of esters is 2. The van der Waals surface area contributed by atoms with E-state index in [4.69, 9.17) is 9.47 Å². The van der Waals surface area contributed by atoms with Crippen molar-refractivity contribution in [3.63, 3.8) is 0 Å². The van der Waals surface area contributed by atoms with Gasteiger partial charge in [-0.05, 0) is 61.5 Å². The van der Waals surface area contributed by atoms with Crippen molar-refractivity contribution in [1.29, 1.82) is 0 Å². The molecule has 1 aromatic rings. The van der Waals surface area contributed by atoms with Crippen molar-refractivity contribution >= 4 is 24.1 Å². The first-order valence-electron chi connectivity index (χ1n) is 13.7. The highest BCUT2D eigenvalue weighted by Gasteiger charge is 2.56. The Balaban J connectivity index is 1.12. The number of benzene rings is 1. The van der Waals surface area contributed by atoms with Gasteiger partial charge < -0.3 is 9.47 Å². The molecule has 1 aromatic carbocycles. The SMILES string of the molecule is COC(=O)[C@H]1[C@@H]2C[C@@H]3CC[C@H]1N3C/C2=C\c1ccc(/C=C2\CN3[C@H]4CC[C@@H]3[C@@H](C(=O)OC)[C@@H]2C4)cc1. The summed E-state index contributed by atoms with van der Waals surface area (Å²) in [6, 6.07) is 10.8. The zero-order chi connectivity index (χ0) is 24.6. The molecular weight excluding hydrogens is 452 g/mol. The fourth-order valence-electron chi connectivity index (χ4n) is 8.87. The maximum absolute atomic E-state index is 12.6. The van der Waals surface area contributed by atoms with Crippen LogP contribution in [0.4, 0.5) is 0 Å². The number of hydrogen-bond donors (Lipinski definition) is 0. The van der Waals surface area contributed by atoms with Crippen LogP contribution in [0.2, 0.25) is 0 Å². The van der Waals surface area contributed by atoms with E-state index in [-0.39, 0.29) is 23.8 Å². The zero-order valence-electron chi connectivity index (χ0n) is 21.3. The van der Waals surface area contributed by atoms with Crippen molar-refractivity contribution in [3.8, 4) is 0 Å². The van der Waals surface area contributed by atoms with Gasteiger partial charge in [0.05, 0.1) is 26.1 Å². The summed E-state index contributed by atoms with van der Waals surface area (Å²) >= 11 is 0. The lowest BCUT2D eigenvalue weighted by Gasteiger charge is -2.50. The van der Waals surface area contributed by atoms with Crippen molar-refractivity contribution < 1.29 is 19.1 Å². The van der Waals surface area contributed by atoms with Crippen LogP contribution in [0.5, 0.6) is 0 Å². The standard InChI is InChI=1S/C30H36N2O4/c1-35-29(33)27-23-13-21-7-9-25(27)31(21)15-19(23)11-17-3-5-18(6-4-17)12-20-16-32-22-8-10-26(32)28(24(20)14-22)30(34)36-2/h3-6,11-12,21-28H,7-10,13-16H2,1-2H3/b19-11+,20-12+/t21-,22-,23+,24+,25+,26+,27-,28-/m0/s1. The van der Waals surface area contributed by atoms with Gasteiger partial charge in [0.25, 0.3) is 0 Å².